The molecule has 26 heavy (non-hydrogen) atoms. The maximum Gasteiger partial charge on any atom is 0.313 e. The smallest absolute Gasteiger partial charge is 0.313 e. The largest absolute Gasteiger partial charge is 0.490 e. The summed E-state index contributed by atoms with van der Waals surface area (Å²) >= 11 is 0.871. The summed E-state index contributed by atoms with van der Waals surface area (Å²) in [6.45, 7) is 3.99. The van der Waals surface area contributed by atoms with Crippen LogP contribution in [0.1, 0.15) is 15.9 Å². The van der Waals surface area contributed by atoms with Crippen molar-refractivity contribution in [2.24, 2.45) is 0 Å². The molecule has 0 heterocycles. The van der Waals surface area contributed by atoms with Crippen LogP contribution in [0.2, 0.25) is 0 Å². The molecule has 1 N–H and O–H groups in total. The van der Waals surface area contributed by atoms with E-state index in [4.69, 9.17) is 9.84 Å². The van der Waals surface area contributed by atoms with Crippen molar-refractivity contribution >= 4 is 29.6 Å². The zero-order valence-corrected chi connectivity index (χ0v) is 14.7. The Labute approximate surface area is 155 Å². The van der Waals surface area contributed by atoms with Crippen LogP contribution >= 0.6 is 11.8 Å². The van der Waals surface area contributed by atoms with Crippen molar-refractivity contribution in [3.05, 3.63) is 78.1 Å². The lowest BCUT2D eigenvalue weighted by atomic mass is 10.1. The minimum Gasteiger partial charge on any atom is -0.490 e. The van der Waals surface area contributed by atoms with Crippen molar-refractivity contribution in [1.82, 2.24) is 0 Å². The third-order valence-corrected chi connectivity index (χ3v) is 4.28. The van der Waals surface area contributed by atoms with Crippen molar-refractivity contribution in [3.8, 4) is 5.75 Å². The zero-order valence-electron chi connectivity index (χ0n) is 13.9. The van der Waals surface area contributed by atoms with Gasteiger partial charge in [-0.05, 0) is 42.0 Å². The third-order valence-electron chi connectivity index (χ3n) is 3.24. The van der Waals surface area contributed by atoms with Crippen molar-refractivity contribution in [2.75, 3.05) is 12.4 Å². The van der Waals surface area contributed by atoms with E-state index in [9.17, 15) is 14.0 Å². The number of carbonyl (C=O) groups excluding carboxylic acids is 1. The van der Waals surface area contributed by atoms with E-state index in [1.807, 2.05) is 0 Å². The maximum atomic E-state index is 14.0. The molecule has 2 rings (SSSR count). The summed E-state index contributed by atoms with van der Waals surface area (Å²) in [6, 6.07) is 11.2. The molecule has 0 atom stereocenters. The highest BCUT2D eigenvalue weighted by Crippen LogP contribution is 2.23. The van der Waals surface area contributed by atoms with E-state index in [0.717, 1.165) is 23.4 Å². The standard InChI is InChI=1S/C20H17FO4S/c1-2-11-25-16-7-3-14(4-8-16)5-9-18(22)15-6-10-19(17(21)12-15)26-13-20(23)24/h2-10,12H,1,11,13H2,(H,23,24)/b9-5+. The van der Waals surface area contributed by atoms with E-state index in [0.29, 0.717) is 12.4 Å². The molecule has 0 fully saturated rings. The zero-order chi connectivity index (χ0) is 18.9. The number of hydrogen-bond acceptors (Lipinski definition) is 4. The van der Waals surface area contributed by atoms with Crippen LogP contribution in [-0.4, -0.2) is 29.2 Å². The monoisotopic (exact) mass is 372 g/mol. The molecule has 0 aliphatic heterocycles. The van der Waals surface area contributed by atoms with Gasteiger partial charge < -0.3 is 9.84 Å². The fourth-order valence-electron chi connectivity index (χ4n) is 2.01. The number of thioether (sulfide) groups is 1. The van der Waals surface area contributed by atoms with Crippen molar-refractivity contribution in [2.45, 2.75) is 4.90 Å². The van der Waals surface area contributed by atoms with Crippen LogP contribution in [0.3, 0.4) is 0 Å². The fraction of sp³-hybridized carbons (Fsp3) is 0.100. The van der Waals surface area contributed by atoms with Gasteiger partial charge >= 0.3 is 5.97 Å². The first-order valence-corrected chi connectivity index (χ1v) is 8.68. The van der Waals surface area contributed by atoms with Crippen molar-refractivity contribution in [3.63, 3.8) is 0 Å². The van der Waals surface area contributed by atoms with Gasteiger partial charge in [-0.3, -0.25) is 9.59 Å². The normalized spacial score (nSPS) is 10.7. The highest BCUT2D eigenvalue weighted by molar-refractivity contribution is 8.00. The van der Waals surface area contributed by atoms with Gasteiger partial charge in [0.15, 0.2) is 5.78 Å². The van der Waals surface area contributed by atoms with Gasteiger partial charge in [0.05, 0.1) is 5.75 Å². The summed E-state index contributed by atoms with van der Waals surface area (Å²) < 4.78 is 19.3. The number of rotatable bonds is 9. The number of carbonyl (C=O) groups is 2. The molecule has 6 heteroatoms. The Morgan fingerprint density at radius 1 is 1.19 bits per heavy atom. The molecule has 0 spiro atoms. The number of hydrogen-bond donors (Lipinski definition) is 1. The highest BCUT2D eigenvalue weighted by atomic mass is 32.2. The lowest BCUT2D eigenvalue weighted by Crippen LogP contribution is -2.00. The Morgan fingerprint density at radius 3 is 2.54 bits per heavy atom. The Bertz CT molecular complexity index is 828. The Hall–Kier alpha value is -2.86. The molecule has 4 nitrogen and oxygen atoms in total. The minimum absolute atomic E-state index is 0.197. The first-order valence-electron chi connectivity index (χ1n) is 7.70. The van der Waals surface area contributed by atoms with E-state index in [-0.39, 0.29) is 22.0 Å². The summed E-state index contributed by atoms with van der Waals surface area (Å²) in [6.07, 6.45) is 4.64. The number of carboxylic acids is 1. The van der Waals surface area contributed by atoms with Crippen LogP contribution in [0.15, 0.2) is 66.1 Å². The number of benzene rings is 2. The summed E-state index contributed by atoms with van der Waals surface area (Å²) in [7, 11) is 0. The van der Waals surface area contributed by atoms with E-state index in [1.54, 1.807) is 36.4 Å². The molecular weight excluding hydrogens is 355 g/mol. The Balaban J connectivity index is 2.02. The van der Waals surface area contributed by atoms with Gasteiger partial charge in [0.1, 0.15) is 18.2 Å². The molecule has 0 amide bonds. The van der Waals surface area contributed by atoms with Gasteiger partial charge in [-0.2, -0.15) is 0 Å². The summed E-state index contributed by atoms with van der Waals surface area (Å²) in [4.78, 5) is 22.9. The molecule has 0 aliphatic rings. The lowest BCUT2D eigenvalue weighted by molar-refractivity contribution is -0.133. The first kappa shape index (κ1) is 19.5. The summed E-state index contributed by atoms with van der Waals surface area (Å²) in [5.74, 6) is -1.52. The topological polar surface area (TPSA) is 63.6 Å². The number of ketones is 1. The predicted molar refractivity (Wildman–Crippen MR) is 100 cm³/mol. The van der Waals surface area contributed by atoms with Gasteiger partial charge in [0, 0.05) is 10.5 Å². The second-order valence-corrected chi connectivity index (χ2v) is 6.21. The van der Waals surface area contributed by atoms with Crippen LogP contribution in [0.5, 0.6) is 5.75 Å². The molecule has 0 radical (unpaired) electrons. The molecule has 0 aliphatic carbocycles. The van der Waals surface area contributed by atoms with Crippen molar-refractivity contribution in [1.29, 1.82) is 0 Å². The third kappa shape index (κ3) is 5.89. The van der Waals surface area contributed by atoms with Gasteiger partial charge in [0.25, 0.3) is 0 Å². The average Bonchev–Trinajstić information content (AvgIpc) is 2.64. The van der Waals surface area contributed by atoms with Gasteiger partial charge in [-0.1, -0.05) is 30.9 Å². The first-order chi connectivity index (χ1) is 12.5. The quantitative estimate of drug-likeness (QED) is 0.305. The second-order valence-electron chi connectivity index (χ2n) is 5.19. The van der Waals surface area contributed by atoms with E-state index in [1.165, 1.54) is 18.2 Å². The molecular formula is C20H17FO4S. The summed E-state index contributed by atoms with van der Waals surface area (Å²) in [5.41, 5.74) is 1.00. The molecule has 134 valence electrons. The van der Waals surface area contributed by atoms with Crippen LogP contribution in [0.25, 0.3) is 6.08 Å². The van der Waals surface area contributed by atoms with Crippen LogP contribution in [0, 0.1) is 5.82 Å². The summed E-state index contributed by atoms with van der Waals surface area (Å²) in [5, 5.41) is 8.63. The van der Waals surface area contributed by atoms with E-state index in [2.05, 4.69) is 6.58 Å². The maximum absolute atomic E-state index is 14.0. The molecule has 0 bridgehead atoms. The SMILES string of the molecule is C=CCOc1ccc(/C=C/C(=O)c2ccc(SCC(=O)O)c(F)c2)cc1. The molecule has 0 unspecified atom stereocenters. The molecule has 2 aromatic carbocycles. The fourth-order valence-corrected chi connectivity index (χ4v) is 2.65. The average molecular weight is 372 g/mol. The van der Waals surface area contributed by atoms with E-state index >= 15 is 0 Å². The molecule has 0 aromatic heterocycles. The van der Waals surface area contributed by atoms with E-state index < -0.39 is 11.8 Å². The van der Waals surface area contributed by atoms with Gasteiger partial charge in [-0.25, -0.2) is 4.39 Å². The van der Waals surface area contributed by atoms with Gasteiger partial charge in [-0.15, -0.1) is 11.8 Å². The van der Waals surface area contributed by atoms with Crippen molar-refractivity contribution < 1.29 is 23.8 Å². The number of ether oxygens (including phenoxy) is 1. The Kier molecular flexibility index (Phi) is 7.17. The van der Waals surface area contributed by atoms with Crippen LogP contribution in [0.4, 0.5) is 4.39 Å². The molecule has 0 saturated carbocycles. The number of allylic oxidation sites excluding steroid dienone is 1. The minimum atomic E-state index is -1.03. The highest BCUT2D eigenvalue weighted by Gasteiger charge is 2.09. The second kappa shape index (κ2) is 9.58. The molecule has 2 aromatic rings. The predicted octanol–water partition coefficient (Wildman–Crippen LogP) is 4.46. The number of carboxylic acid groups (broad SMARTS) is 1. The molecule has 0 saturated heterocycles. The van der Waals surface area contributed by atoms with Crippen LogP contribution in [-0.2, 0) is 4.79 Å². The lowest BCUT2D eigenvalue weighted by Gasteiger charge is -2.03. The van der Waals surface area contributed by atoms with Crippen LogP contribution < -0.4 is 4.74 Å². The number of halogens is 1. The number of aliphatic carboxylic acids is 1. The van der Waals surface area contributed by atoms with Gasteiger partial charge in [0.2, 0.25) is 0 Å². The Morgan fingerprint density at radius 2 is 1.92 bits per heavy atom.